The molecule has 2 aliphatic heterocycles. The average molecular weight is 396 g/mol. The monoisotopic (exact) mass is 395 g/mol. The van der Waals surface area contributed by atoms with Crippen molar-refractivity contribution in [3.05, 3.63) is 23.3 Å². The third-order valence-electron chi connectivity index (χ3n) is 5.16. The van der Waals surface area contributed by atoms with Crippen molar-refractivity contribution in [2.45, 2.75) is 69.5 Å². The molecular formula is C19H29N3O4S. The second-order valence-corrected chi connectivity index (χ2v) is 9.61. The van der Waals surface area contributed by atoms with E-state index in [1.54, 1.807) is 0 Å². The van der Waals surface area contributed by atoms with Gasteiger partial charge in [-0.15, -0.1) is 0 Å². The summed E-state index contributed by atoms with van der Waals surface area (Å²) in [6.45, 7) is 7.09. The van der Waals surface area contributed by atoms with Gasteiger partial charge in [-0.25, -0.2) is 13.6 Å². The van der Waals surface area contributed by atoms with Gasteiger partial charge in [-0.2, -0.15) is 0 Å². The Morgan fingerprint density at radius 1 is 1.41 bits per heavy atom. The SMILES string of the molecule is CC(C)CC(NC(=O)c1cc(S(N)(=O)=O)cc2c1OC(C)C2)C1CCCN1. The molecule has 150 valence electrons. The molecule has 2 heterocycles. The Morgan fingerprint density at radius 3 is 2.74 bits per heavy atom. The maximum atomic E-state index is 13.1. The molecule has 27 heavy (non-hydrogen) atoms. The molecule has 3 unspecified atom stereocenters. The van der Waals surface area contributed by atoms with E-state index in [4.69, 9.17) is 9.88 Å². The van der Waals surface area contributed by atoms with Crippen molar-refractivity contribution >= 4 is 15.9 Å². The zero-order valence-corrected chi connectivity index (χ0v) is 16.9. The minimum Gasteiger partial charge on any atom is -0.489 e. The molecule has 8 heteroatoms. The zero-order chi connectivity index (χ0) is 19.8. The van der Waals surface area contributed by atoms with E-state index in [0.717, 1.165) is 25.8 Å². The van der Waals surface area contributed by atoms with Crippen LogP contribution in [0.3, 0.4) is 0 Å². The van der Waals surface area contributed by atoms with Gasteiger partial charge in [0.2, 0.25) is 10.0 Å². The standard InChI is InChI=1S/C19H29N3O4S/c1-11(2)7-17(16-5-4-6-21-16)22-19(23)15-10-14(27(20,24)25)9-13-8-12(3)26-18(13)15/h9-12,16-17,21H,4-8H2,1-3H3,(H,22,23)(H2,20,24,25). The minimum atomic E-state index is -3.91. The topological polar surface area (TPSA) is 111 Å². The molecule has 0 aliphatic carbocycles. The van der Waals surface area contributed by atoms with Crippen molar-refractivity contribution in [3.63, 3.8) is 0 Å². The first kappa shape index (κ1) is 20.1. The molecule has 0 radical (unpaired) electrons. The van der Waals surface area contributed by atoms with Crippen LogP contribution in [0.5, 0.6) is 5.75 Å². The molecule has 3 rings (SSSR count). The average Bonchev–Trinajstić information content (AvgIpc) is 3.20. The van der Waals surface area contributed by atoms with Gasteiger partial charge in [-0.3, -0.25) is 4.79 Å². The molecule has 7 nitrogen and oxygen atoms in total. The smallest absolute Gasteiger partial charge is 0.255 e. The van der Waals surface area contributed by atoms with Crippen LogP contribution in [0.4, 0.5) is 0 Å². The Balaban J connectivity index is 1.92. The summed E-state index contributed by atoms with van der Waals surface area (Å²) in [6.07, 6.45) is 3.40. The van der Waals surface area contributed by atoms with Crippen molar-refractivity contribution in [2.24, 2.45) is 11.1 Å². The lowest BCUT2D eigenvalue weighted by molar-refractivity contribution is 0.0918. The number of hydrogen-bond acceptors (Lipinski definition) is 5. The molecule has 3 atom stereocenters. The fraction of sp³-hybridized carbons (Fsp3) is 0.632. The maximum Gasteiger partial charge on any atom is 0.255 e. The molecule has 0 aromatic heterocycles. The quantitative estimate of drug-likeness (QED) is 0.677. The number of sulfonamides is 1. The Bertz CT molecular complexity index is 816. The molecule has 0 saturated carbocycles. The van der Waals surface area contributed by atoms with Crippen LogP contribution in [-0.2, 0) is 16.4 Å². The van der Waals surface area contributed by atoms with Crippen LogP contribution in [0.1, 0.15) is 56.0 Å². The number of fused-ring (bicyclic) bond motifs is 1. The number of carbonyl (C=O) groups excluding carboxylic acids is 1. The number of benzene rings is 1. The first-order valence-electron chi connectivity index (χ1n) is 9.55. The number of carbonyl (C=O) groups is 1. The molecule has 1 aromatic rings. The number of ether oxygens (including phenoxy) is 1. The Hall–Kier alpha value is -1.64. The Labute approximate surface area is 161 Å². The molecule has 1 saturated heterocycles. The summed E-state index contributed by atoms with van der Waals surface area (Å²) in [5.41, 5.74) is 0.950. The van der Waals surface area contributed by atoms with Crippen molar-refractivity contribution in [1.82, 2.24) is 10.6 Å². The fourth-order valence-electron chi connectivity index (χ4n) is 3.97. The van der Waals surface area contributed by atoms with E-state index in [9.17, 15) is 13.2 Å². The highest BCUT2D eigenvalue weighted by molar-refractivity contribution is 7.89. The summed E-state index contributed by atoms with van der Waals surface area (Å²) < 4.78 is 29.5. The third kappa shape index (κ3) is 4.62. The van der Waals surface area contributed by atoms with Crippen molar-refractivity contribution < 1.29 is 17.9 Å². The van der Waals surface area contributed by atoms with Crippen LogP contribution in [0.25, 0.3) is 0 Å². The van der Waals surface area contributed by atoms with Crippen molar-refractivity contribution in [3.8, 4) is 5.75 Å². The molecule has 0 spiro atoms. The van der Waals surface area contributed by atoms with Crippen LogP contribution in [-0.4, -0.2) is 39.1 Å². The van der Waals surface area contributed by atoms with Gasteiger partial charge in [0.05, 0.1) is 10.5 Å². The summed E-state index contributed by atoms with van der Waals surface area (Å²) in [6, 6.07) is 3.05. The Kier molecular flexibility index (Phi) is 5.79. The van der Waals surface area contributed by atoms with E-state index in [0.29, 0.717) is 23.7 Å². The van der Waals surface area contributed by atoms with Crippen LogP contribution in [0.15, 0.2) is 17.0 Å². The Morgan fingerprint density at radius 2 is 2.15 bits per heavy atom. The molecule has 0 bridgehead atoms. The molecule has 2 aliphatic rings. The molecule has 4 N–H and O–H groups in total. The predicted octanol–water partition coefficient (Wildman–Crippen LogP) is 1.55. The van der Waals surface area contributed by atoms with E-state index in [-0.39, 0.29) is 34.6 Å². The van der Waals surface area contributed by atoms with E-state index in [1.807, 2.05) is 6.92 Å². The van der Waals surface area contributed by atoms with Crippen molar-refractivity contribution in [2.75, 3.05) is 6.54 Å². The number of nitrogens with one attached hydrogen (secondary N) is 2. The summed E-state index contributed by atoms with van der Waals surface area (Å²) in [4.78, 5) is 13.0. The van der Waals surface area contributed by atoms with Gasteiger partial charge < -0.3 is 15.4 Å². The highest BCUT2D eigenvalue weighted by Crippen LogP contribution is 2.35. The number of nitrogens with two attached hydrogens (primary N) is 1. The second-order valence-electron chi connectivity index (χ2n) is 8.05. The minimum absolute atomic E-state index is 0.0207. The van der Waals surface area contributed by atoms with Crippen LogP contribution < -0.4 is 20.5 Å². The van der Waals surface area contributed by atoms with E-state index in [1.165, 1.54) is 12.1 Å². The third-order valence-corrected chi connectivity index (χ3v) is 6.06. The largest absolute Gasteiger partial charge is 0.489 e. The second kappa shape index (κ2) is 7.77. The number of primary sulfonamides is 1. The van der Waals surface area contributed by atoms with E-state index in [2.05, 4.69) is 24.5 Å². The summed E-state index contributed by atoms with van der Waals surface area (Å²) in [5.74, 6) is 0.579. The van der Waals surface area contributed by atoms with Crippen LogP contribution in [0, 0.1) is 5.92 Å². The normalized spacial score (nSPS) is 23.1. The molecular weight excluding hydrogens is 366 g/mol. The van der Waals surface area contributed by atoms with Gasteiger partial charge in [0.15, 0.2) is 0 Å². The highest BCUT2D eigenvalue weighted by Gasteiger charge is 2.31. The van der Waals surface area contributed by atoms with E-state index < -0.39 is 10.0 Å². The number of hydrogen-bond donors (Lipinski definition) is 3. The number of rotatable bonds is 6. The highest BCUT2D eigenvalue weighted by atomic mass is 32.2. The van der Waals surface area contributed by atoms with Gasteiger partial charge in [0, 0.05) is 18.5 Å². The summed E-state index contributed by atoms with van der Waals surface area (Å²) in [5, 5.41) is 11.9. The molecule has 1 aromatic carbocycles. The van der Waals surface area contributed by atoms with Gasteiger partial charge in [-0.05, 0) is 56.3 Å². The lowest BCUT2D eigenvalue weighted by atomic mass is 9.95. The maximum absolute atomic E-state index is 13.1. The molecule has 1 amide bonds. The van der Waals surface area contributed by atoms with Crippen LogP contribution >= 0.6 is 0 Å². The lowest BCUT2D eigenvalue weighted by Crippen LogP contribution is -2.48. The molecule has 1 fully saturated rings. The van der Waals surface area contributed by atoms with Gasteiger partial charge in [-0.1, -0.05) is 13.8 Å². The lowest BCUT2D eigenvalue weighted by Gasteiger charge is -2.27. The summed E-state index contributed by atoms with van der Waals surface area (Å²) in [7, 11) is -3.91. The predicted molar refractivity (Wildman–Crippen MR) is 103 cm³/mol. The van der Waals surface area contributed by atoms with Crippen molar-refractivity contribution in [1.29, 1.82) is 0 Å². The van der Waals surface area contributed by atoms with Gasteiger partial charge in [0.25, 0.3) is 5.91 Å². The van der Waals surface area contributed by atoms with Crippen LogP contribution in [0.2, 0.25) is 0 Å². The first-order chi connectivity index (χ1) is 12.6. The van der Waals surface area contributed by atoms with Gasteiger partial charge >= 0.3 is 0 Å². The summed E-state index contributed by atoms with van der Waals surface area (Å²) >= 11 is 0. The zero-order valence-electron chi connectivity index (χ0n) is 16.1. The van der Waals surface area contributed by atoms with E-state index >= 15 is 0 Å². The fourth-order valence-corrected chi connectivity index (χ4v) is 4.56. The number of amides is 1. The van der Waals surface area contributed by atoms with Gasteiger partial charge in [0.1, 0.15) is 11.9 Å². The first-order valence-corrected chi connectivity index (χ1v) is 11.1.